The van der Waals surface area contributed by atoms with Crippen LogP contribution in [0.4, 0.5) is 0 Å². The highest BCUT2D eigenvalue weighted by Crippen LogP contribution is 2.23. The minimum absolute atomic E-state index is 0.0723. The Kier molecular flexibility index (Phi) is 3.74. The monoisotopic (exact) mass is 184 g/mol. The van der Waals surface area contributed by atoms with Crippen molar-refractivity contribution < 1.29 is 0 Å². The fraction of sp³-hybridized carbons (Fsp3) is 1.00. The first kappa shape index (κ1) is 11.0. The number of hydrogen-bond donors (Lipinski definition) is 2. The van der Waals surface area contributed by atoms with E-state index in [1.54, 1.807) is 0 Å². The summed E-state index contributed by atoms with van der Waals surface area (Å²) in [5.41, 5.74) is 5.86. The zero-order valence-corrected chi connectivity index (χ0v) is 9.27. The van der Waals surface area contributed by atoms with Gasteiger partial charge in [0.05, 0.1) is 0 Å². The quantitative estimate of drug-likeness (QED) is 0.703. The van der Waals surface area contributed by atoms with Gasteiger partial charge >= 0.3 is 0 Å². The summed E-state index contributed by atoms with van der Waals surface area (Å²) in [5, 5.41) is 3.59. The lowest BCUT2D eigenvalue weighted by molar-refractivity contribution is 0.266. The highest BCUT2D eigenvalue weighted by atomic mass is 15.0. The molecule has 2 heteroatoms. The Morgan fingerprint density at radius 3 is 2.46 bits per heavy atom. The number of nitrogens with one attached hydrogen (secondary N) is 1. The Bertz CT molecular complexity index is 149. The zero-order valence-electron chi connectivity index (χ0n) is 9.27. The van der Waals surface area contributed by atoms with E-state index in [9.17, 15) is 0 Å². The SMILES string of the molecule is CC1CCCCC1NCC(C)(C)N. The maximum absolute atomic E-state index is 5.94. The third kappa shape index (κ3) is 4.10. The lowest BCUT2D eigenvalue weighted by Crippen LogP contribution is -2.48. The van der Waals surface area contributed by atoms with E-state index >= 15 is 0 Å². The van der Waals surface area contributed by atoms with Gasteiger partial charge in [0.2, 0.25) is 0 Å². The third-order valence-corrected chi connectivity index (χ3v) is 2.93. The summed E-state index contributed by atoms with van der Waals surface area (Å²) in [6.45, 7) is 7.43. The van der Waals surface area contributed by atoms with Gasteiger partial charge in [0.15, 0.2) is 0 Å². The van der Waals surface area contributed by atoms with Gasteiger partial charge < -0.3 is 11.1 Å². The van der Waals surface area contributed by atoms with Crippen molar-refractivity contribution in [3.8, 4) is 0 Å². The second kappa shape index (κ2) is 4.43. The molecule has 78 valence electrons. The van der Waals surface area contributed by atoms with Crippen LogP contribution in [0.5, 0.6) is 0 Å². The van der Waals surface area contributed by atoms with Gasteiger partial charge in [0.25, 0.3) is 0 Å². The Morgan fingerprint density at radius 1 is 1.31 bits per heavy atom. The van der Waals surface area contributed by atoms with Gasteiger partial charge in [0, 0.05) is 18.1 Å². The molecule has 0 saturated heterocycles. The minimum Gasteiger partial charge on any atom is -0.324 e. The summed E-state index contributed by atoms with van der Waals surface area (Å²) in [5.74, 6) is 0.830. The first-order valence-corrected chi connectivity index (χ1v) is 5.51. The van der Waals surface area contributed by atoms with Crippen LogP contribution < -0.4 is 11.1 Å². The van der Waals surface area contributed by atoms with Crippen LogP contribution >= 0.6 is 0 Å². The summed E-state index contributed by atoms with van der Waals surface area (Å²) >= 11 is 0. The summed E-state index contributed by atoms with van der Waals surface area (Å²) in [6, 6.07) is 0.705. The van der Waals surface area contributed by atoms with Crippen molar-refractivity contribution >= 4 is 0 Å². The molecule has 1 fully saturated rings. The second-order valence-corrected chi connectivity index (χ2v) is 5.24. The molecule has 1 aliphatic rings. The Morgan fingerprint density at radius 2 is 1.92 bits per heavy atom. The lowest BCUT2D eigenvalue weighted by Gasteiger charge is -2.32. The molecular weight excluding hydrogens is 160 g/mol. The van der Waals surface area contributed by atoms with Crippen LogP contribution in [-0.2, 0) is 0 Å². The van der Waals surface area contributed by atoms with Crippen molar-refractivity contribution in [1.82, 2.24) is 5.32 Å². The predicted octanol–water partition coefficient (Wildman–Crippen LogP) is 1.89. The molecule has 2 nitrogen and oxygen atoms in total. The smallest absolute Gasteiger partial charge is 0.0223 e. The van der Waals surface area contributed by atoms with Crippen molar-refractivity contribution in [2.45, 2.75) is 58.0 Å². The van der Waals surface area contributed by atoms with Gasteiger partial charge in [-0.05, 0) is 32.6 Å². The van der Waals surface area contributed by atoms with E-state index < -0.39 is 0 Å². The Balaban J connectivity index is 2.27. The fourth-order valence-corrected chi connectivity index (χ4v) is 2.01. The molecule has 1 rings (SSSR count). The molecule has 0 aliphatic heterocycles. The third-order valence-electron chi connectivity index (χ3n) is 2.93. The molecule has 13 heavy (non-hydrogen) atoms. The maximum Gasteiger partial charge on any atom is 0.0223 e. The summed E-state index contributed by atoms with van der Waals surface area (Å²) in [4.78, 5) is 0. The van der Waals surface area contributed by atoms with Gasteiger partial charge in [-0.2, -0.15) is 0 Å². The molecule has 0 radical (unpaired) electrons. The maximum atomic E-state index is 5.94. The highest BCUT2D eigenvalue weighted by molar-refractivity contribution is 4.82. The molecule has 0 amide bonds. The predicted molar refractivity (Wildman–Crippen MR) is 57.7 cm³/mol. The largest absolute Gasteiger partial charge is 0.324 e. The normalized spacial score (nSPS) is 30.5. The van der Waals surface area contributed by atoms with Crippen LogP contribution in [0, 0.1) is 5.92 Å². The van der Waals surface area contributed by atoms with E-state index in [4.69, 9.17) is 5.73 Å². The topological polar surface area (TPSA) is 38.0 Å². The van der Waals surface area contributed by atoms with Crippen molar-refractivity contribution in [2.75, 3.05) is 6.54 Å². The van der Waals surface area contributed by atoms with Gasteiger partial charge in [-0.25, -0.2) is 0 Å². The van der Waals surface area contributed by atoms with Crippen molar-refractivity contribution in [3.63, 3.8) is 0 Å². The molecule has 0 aromatic heterocycles. The summed E-state index contributed by atoms with van der Waals surface area (Å²) in [6.07, 6.45) is 5.50. The van der Waals surface area contributed by atoms with Crippen LogP contribution in [0.15, 0.2) is 0 Å². The van der Waals surface area contributed by atoms with Crippen LogP contribution in [0.25, 0.3) is 0 Å². The zero-order chi connectivity index (χ0) is 9.90. The Hall–Kier alpha value is -0.0800. The Labute approximate surface area is 82.3 Å². The molecule has 1 saturated carbocycles. The molecule has 0 bridgehead atoms. The van der Waals surface area contributed by atoms with E-state index in [2.05, 4.69) is 26.1 Å². The van der Waals surface area contributed by atoms with Crippen molar-refractivity contribution in [3.05, 3.63) is 0 Å². The number of hydrogen-bond acceptors (Lipinski definition) is 2. The second-order valence-electron chi connectivity index (χ2n) is 5.24. The van der Waals surface area contributed by atoms with Crippen LogP contribution in [0.3, 0.4) is 0 Å². The van der Waals surface area contributed by atoms with E-state index in [0.29, 0.717) is 6.04 Å². The standard InChI is InChI=1S/C11H24N2/c1-9-6-4-5-7-10(9)13-8-11(2,3)12/h9-10,13H,4-8,12H2,1-3H3. The van der Waals surface area contributed by atoms with Crippen LogP contribution in [-0.4, -0.2) is 18.1 Å². The first-order valence-electron chi connectivity index (χ1n) is 5.51. The molecule has 0 spiro atoms. The summed E-state index contributed by atoms with van der Waals surface area (Å²) < 4.78 is 0. The molecule has 1 aliphatic carbocycles. The lowest BCUT2D eigenvalue weighted by atomic mass is 9.85. The molecular formula is C11H24N2. The molecule has 2 unspecified atom stereocenters. The average Bonchev–Trinajstić information content (AvgIpc) is 2.01. The first-order chi connectivity index (χ1) is 5.99. The minimum atomic E-state index is -0.0723. The highest BCUT2D eigenvalue weighted by Gasteiger charge is 2.22. The van der Waals surface area contributed by atoms with Crippen LogP contribution in [0.2, 0.25) is 0 Å². The van der Waals surface area contributed by atoms with E-state index in [1.807, 2.05) is 0 Å². The molecule has 0 heterocycles. The molecule has 0 aromatic rings. The van der Waals surface area contributed by atoms with E-state index in [0.717, 1.165) is 12.5 Å². The van der Waals surface area contributed by atoms with Crippen molar-refractivity contribution in [2.24, 2.45) is 11.7 Å². The van der Waals surface area contributed by atoms with Crippen molar-refractivity contribution in [1.29, 1.82) is 0 Å². The van der Waals surface area contributed by atoms with E-state index in [1.165, 1.54) is 25.7 Å². The van der Waals surface area contributed by atoms with Crippen LogP contribution in [0.1, 0.15) is 46.5 Å². The summed E-state index contributed by atoms with van der Waals surface area (Å²) in [7, 11) is 0. The number of rotatable bonds is 3. The fourth-order valence-electron chi connectivity index (χ4n) is 2.01. The van der Waals surface area contributed by atoms with E-state index in [-0.39, 0.29) is 5.54 Å². The van der Waals surface area contributed by atoms with Gasteiger partial charge in [-0.3, -0.25) is 0 Å². The molecule has 0 aromatic carbocycles. The average molecular weight is 184 g/mol. The number of nitrogens with two attached hydrogens (primary N) is 1. The van der Waals surface area contributed by atoms with Gasteiger partial charge in [-0.15, -0.1) is 0 Å². The molecule has 2 atom stereocenters. The van der Waals surface area contributed by atoms with Gasteiger partial charge in [0.1, 0.15) is 0 Å². The molecule has 3 N–H and O–H groups in total. The van der Waals surface area contributed by atoms with Gasteiger partial charge in [-0.1, -0.05) is 19.8 Å².